The summed E-state index contributed by atoms with van der Waals surface area (Å²) >= 11 is 0. The van der Waals surface area contributed by atoms with E-state index in [4.69, 9.17) is 4.74 Å². The Labute approximate surface area is 306 Å². The number of nitrogens with one attached hydrogen (secondary N) is 4. The summed E-state index contributed by atoms with van der Waals surface area (Å²) < 4.78 is 35.5. The van der Waals surface area contributed by atoms with Crippen LogP contribution >= 0.6 is 0 Å². The van der Waals surface area contributed by atoms with E-state index in [-0.39, 0.29) is 52.8 Å². The number of aromatic amines is 1. The molecule has 0 saturated heterocycles. The molecule has 5 aromatic rings. The lowest BCUT2D eigenvalue weighted by molar-refractivity contribution is -0.155. The second-order valence-corrected chi connectivity index (χ2v) is 12.9. The van der Waals surface area contributed by atoms with Gasteiger partial charge in [0, 0.05) is 47.8 Å². The molecule has 2 atom stereocenters. The van der Waals surface area contributed by atoms with Gasteiger partial charge in [-0.25, -0.2) is 13.6 Å². The van der Waals surface area contributed by atoms with E-state index in [1.807, 2.05) is 0 Å². The van der Waals surface area contributed by atoms with Gasteiger partial charge in [-0.15, -0.1) is 0 Å². The molecule has 1 aromatic heterocycles. The normalized spacial score (nSPS) is 16.8. The summed E-state index contributed by atoms with van der Waals surface area (Å²) in [5.41, 5.74) is -2.60. The zero-order valence-electron chi connectivity index (χ0n) is 28.5. The number of aromatic hydroxyl groups is 1. The van der Waals surface area contributed by atoms with Gasteiger partial charge in [0.05, 0.1) is 17.2 Å². The predicted molar refractivity (Wildman–Crippen MR) is 191 cm³/mol. The Balaban J connectivity index is 0.958. The second kappa shape index (κ2) is 15.8. The first-order chi connectivity index (χ1) is 25.8. The molecule has 8 N–H and O–H groups in total. The van der Waals surface area contributed by atoms with E-state index in [9.17, 15) is 48.4 Å². The highest BCUT2D eigenvalue weighted by Crippen LogP contribution is 2.32. The van der Waals surface area contributed by atoms with Crippen LogP contribution in [0.1, 0.15) is 51.6 Å². The topological polar surface area (TPSA) is 210 Å². The van der Waals surface area contributed by atoms with Crippen LogP contribution < -0.4 is 26.2 Å². The van der Waals surface area contributed by atoms with E-state index >= 15 is 0 Å². The number of carboxylic acid groups (broad SMARTS) is 1. The van der Waals surface area contributed by atoms with E-state index < -0.39 is 64.9 Å². The van der Waals surface area contributed by atoms with Crippen molar-refractivity contribution in [2.45, 2.75) is 43.2 Å². The fraction of sp³-hybridized carbons (Fsp3) is 0.231. The molecule has 0 aliphatic heterocycles. The monoisotopic (exact) mass is 742 g/mol. The van der Waals surface area contributed by atoms with Gasteiger partial charge in [-0.3, -0.25) is 14.4 Å². The van der Waals surface area contributed by atoms with Gasteiger partial charge in [0.2, 0.25) is 11.2 Å². The van der Waals surface area contributed by atoms with Crippen LogP contribution in [0, 0.1) is 11.6 Å². The molecule has 2 amide bonds. The second-order valence-electron chi connectivity index (χ2n) is 12.9. The van der Waals surface area contributed by atoms with Crippen LogP contribution in [0.5, 0.6) is 11.5 Å². The number of benzene rings is 4. The van der Waals surface area contributed by atoms with Gasteiger partial charge in [-0.05, 0) is 54.3 Å². The number of carbonyl (C=O) groups is 3. The number of pyridine rings is 1. The average Bonchev–Trinajstić information content (AvgIpc) is 3.15. The minimum absolute atomic E-state index is 0.0381. The van der Waals surface area contributed by atoms with Crippen LogP contribution in [0.15, 0.2) is 95.8 Å². The Kier molecular flexibility index (Phi) is 11.0. The van der Waals surface area contributed by atoms with Crippen LogP contribution in [0.4, 0.5) is 8.78 Å². The summed E-state index contributed by atoms with van der Waals surface area (Å²) in [6, 6.07) is 20.9. The molecule has 0 radical (unpaired) electrons. The molecule has 54 heavy (non-hydrogen) atoms. The number of ether oxygens (including phenoxy) is 1. The lowest BCUT2D eigenvalue weighted by atomic mass is 9.86. The van der Waals surface area contributed by atoms with Crippen molar-refractivity contribution in [2.24, 2.45) is 0 Å². The number of hydrogen-bond acceptors (Lipinski definition) is 9. The summed E-state index contributed by atoms with van der Waals surface area (Å²) in [6.07, 6.45) is -0.460. The first kappa shape index (κ1) is 37.6. The van der Waals surface area contributed by atoms with Gasteiger partial charge in [0.15, 0.2) is 18.2 Å². The highest BCUT2D eigenvalue weighted by molar-refractivity contribution is 5.95. The van der Waals surface area contributed by atoms with Gasteiger partial charge in [-0.1, -0.05) is 54.6 Å². The summed E-state index contributed by atoms with van der Waals surface area (Å²) in [4.78, 5) is 51.6. The fourth-order valence-corrected chi connectivity index (χ4v) is 6.34. The predicted octanol–water partition coefficient (Wildman–Crippen LogP) is 3.11. The average molecular weight is 743 g/mol. The molecule has 0 bridgehead atoms. The minimum Gasteiger partial charge on any atom is -0.506 e. The maximum absolute atomic E-state index is 15.0. The summed E-state index contributed by atoms with van der Waals surface area (Å²) in [5.74, 6) is -5.36. The Hall–Kier alpha value is -6.16. The van der Waals surface area contributed by atoms with Crippen LogP contribution in [-0.2, 0) is 21.7 Å². The van der Waals surface area contributed by atoms with E-state index in [0.29, 0.717) is 23.8 Å². The number of phenols is 1. The lowest BCUT2D eigenvalue weighted by Crippen LogP contribution is -2.54. The van der Waals surface area contributed by atoms with E-state index in [1.54, 1.807) is 18.2 Å². The minimum atomic E-state index is -2.34. The fourth-order valence-electron chi connectivity index (χ4n) is 6.34. The van der Waals surface area contributed by atoms with E-state index in [0.717, 1.165) is 6.07 Å². The number of H-pyrrole nitrogens is 1. The standard InChI is InChI=1S/C39H36F2N4O9/c40-34-21(18-42-19-31(47)27-11-13-30(46)36-28(27)12-14-32(48)45-36)9-10-29(35(34)41)37(50)44-25-16-24(17-25)43-33(49)20-54-26-8-4-7-23(15-26)39(53,38(51)52)22-5-2-1-3-6-22/h1-15,24-25,31,42,46-47,53H,16-20H2,(H,43,49)(H,44,50)(H,45,48)(H,51,52)/t24-,25-,31-,39-/m0/s1. The number of phenolic OH excluding ortho intramolecular Hbond substituents is 1. The van der Waals surface area contributed by atoms with Crippen LogP contribution in [-0.4, -0.2) is 68.4 Å². The molecule has 1 aliphatic rings. The largest absolute Gasteiger partial charge is 0.506 e. The molecular formula is C39H36F2N4O9. The third kappa shape index (κ3) is 7.93. The molecule has 280 valence electrons. The van der Waals surface area contributed by atoms with E-state index in [2.05, 4.69) is 20.9 Å². The summed E-state index contributed by atoms with van der Waals surface area (Å²) in [7, 11) is 0. The zero-order valence-corrected chi connectivity index (χ0v) is 28.5. The number of aliphatic hydroxyl groups is 2. The van der Waals surface area contributed by atoms with Crippen molar-refractivity contribution in [2.75, 3.05) is 13.2 Å². The molecule has 1 heterocycles. The van der Waals surface area contributed by atoms with Crippen LogP contribution in [0.3, 0.4) is 0 Å². The lowest BCUT2D eigenvalue weighted by Gasteiger charge is -2.36. The van der Waals surface area contributed by atoms with Crippen molar-refractivity contribution in [1.82, 2.24) is 20.9 Å². The van der Waals surface area contributed by atoms with Gasteiger partial charge in [0.25, 0.3) is 11.8 Å². The Bertz CT molecular complexity index is 2260. The molecule has 4 aromatic carbocycles. The molecule has 0 spiro atoms. The Morgan fingerprint density at radius 3 is 2.35 bits per heavy atom. The van der Waals surface area contributed by atoms with E-state index in [1.165, 1.54) is 66.7 Å². The number of aliphatic hydroxyl groups excluding tert-OH is 1. The molecule has 13 nitrogen and oxygen atoms in total. The number of carbonyl (C=O) groups excluding carboxylic acids is 2. The maximum atomic E-state index is 15.0. The third-order valence-electron chi connectivity index (χ3n) is 9.29. The number of amides is 2. The molecule has 1 saturated carbocycles. The van der Waals surface area contributed by atoms with Crippen molar-refractivity contribution in [3.63, 3.8) is 0 Å². The quantitative estimate of drug-likeness (QED) is 0.0834. The number of hydrogen-bond donors (Lipinski definition) is 8. The number of aliphatic carboxylic acids is 1. The number of carboxylic acids is 1. The van der Waals surface area contributed by atoms with Crippen LogP contribution in [0.2, 0.25) is 0 Å². The smallest absolute Gasteiger partial charge is 0.345 e. The van der Waals surface area contributed by atoms with Gasteiger partial charge < -0.3 is 46.1 Å². The highest BCUT2D eigenvalue weighted by Gasteiger charge is 2.40. The Morgan fingerprint density at radius 1 is 0.889 bits per heavy atom. The molecule has 15 heteroatoms. The first-order valence-corrected chi connectivity index (χ1v) is 16.9. The molecular weight excluding hydrogens is 706 g/mol. The van der Waals surface area contributed by atoms with Crippen molar-refractivity contribution in [3.05, 3.63) is 141 Å². The number of aromatic nitrogens is 1. The Morgan fingerprint density at radius 2 is 1.61 bits per heavy atom. The van der Waals surface area contributed by atoms with Gasteiger partial charge in [-0.2, -0.15) is 0 Å². The number of halogens is 2. The SMILES string of the molecule is O=C(COc1cccc([C@](O)(C(=O)O)c2ccccc2)c1)N[C@H]1C[C@H](NC(=O)c2ccc(CNC[C@H](O)c3ccc(O)c4[nH]c(=O)ccc34)c(F)c2F)C1. The number of fused-ring (bicyclic) bond motifs is 1. The molecule has 1 aliphatic carbocycles. The van der Waals surface area contributed by atoms with Crippen molar-refractivity contribution in [1.29, 1.82) is 0 Å². The van der Waals surface area contributed by atoms with Crippen molar-refractivity contribution in [3.8, 4) is 11.5 Å². The summed E-state index contributed by atoms with van der Waals surface area (Å²) in [5, 5.41) is 50.3. The number of rotatable bonds is 14. The zero-order chi connectivity index (χ0) is 38.6. The molecule has 6 rings (SSSR count). The van der Waals surface area contributed by atoms with Gasteiger partial charge >= 0.3 is 5.97 Å². The van der Waals surface area contributed by atoms with Crippen molar-refractivity contribution >= 4 is 28.7 Å². The summed E-state index contributed by atoms with van der Waals surface area (Å²) in [6.45, 7) is -0.660. The highest BCUT2D eigenvalue weighted by atomic mass is 19.2. The molecule has 0 unspecified atom stereocenters. The first-order valence-electron chi connectivity index (χ1n) is 16.9. The van der Waals surface area contributed by atoms with Crippen LogP contribution in [0.25, 0.3) is 10.9 Å². The molecule has 1 fully saturated rings. The maximum Gasteiger partial charge on any atom is 0.345 e. The van der Waals surface area contributed by atoms with Gasteiger partial charge in [0.1, 0.15) is 11.5 Å². The van der Waals surface area contributed by atoms with Crippen molar-refractivity contribution < 1.29 is 48.3 Å². The third-order valence-corrected chi connectivity index (χ3v) is 9.29.